The molecule has 1 amide bonds. The van der Waals surface area contributed by atoms with Crippen molar-refractivity contribution in [3.05, 3.63) is 28.3 Å². The number of nitrogens with zero attached hydrogens (tertiary/aromatic N) is 3. The lowest BCUT2D eigenvalue weighted by Gasteiger charge is -2.13. The van der Waals surface area contributed by atoms with Crippen LogP contribution in [0, 0.1) is 17.2 Å². The molecule has 0 saturated heterocycles. The van der Waals surface area contributed by atoms with Crippen molar-refractivity contribution in [3.63, 3.8) is 0 Å². The minimum Gasteiger partial charge on any atom is -0.493 e. The zero-order valence-electron chi connectivity index (χ0n) is 16.4. The summed E-state index contributed by atoms with van der Waals surface area (Å²) in [6.45, 7) is 4.15. The van der Waals surface area contributed by atoms with Gasteiger partial charge in [-0.05, 0) is 29.7 Å². The van der Waals surface area contributed by atoms with E-state index in [2.05, 4.69) is 29.4 Å². The standard InChI is InChI=1S/C19H22N4O4S/c1-11(2)6-16-22-23-19(28-16)21-18(24)13(10-20)7-12-8-14(25-3)17(27-5)15(9-12)26-4/h7-9,11H,6H2,1-5H3,(H,21,23,24)/b13-7-. The molecule has 0 fully saturated rings. The second-order valence-corrected chi connectivity index (χ2v) is 7.24. The van der Waals surface area contributed by atoms with Crippen molar-refractivity contribution in [1.82, 2.24) is 10.2 Å². The summed E-state index contributed by atoms with van der Waals surface area (Å²) >= 11 is 1.29. The minimum absolute atomic E-state index is 0.0881. The van der Waals surface area contributed by atoms with Crippen LogP contribution in [0.15, 0.2) is 17.7 Å². The lowest BCUT2D eigenvalue weighted by atomic mass is 10.1. The predicted octanol–water partition coefficient (Wildman–Crippen LogP) is 3.31. The Hall–Kier alpha value is -3.12. The van der Waals surface area contributed by atoms with Crippen LogP contribution >= 0.6 is 11.3 Å². The third kappa shape index (κ3) is 5.20. The van der Waals surface area contributed by atoms with Crippen LogP contribution in [0.2, 0.25) is 0 Å². The van der Waals surface area contributed by atoms with Crippen LogP contribution in [0.5, 0.6) is 17.2 Å². The molecule has 0 unspecified atom stereocenters. The average Bonchev–Trinajstić information content (AvgIpc) is 3.10. The van der Waals surface area contributed by atoms with E-state index in [0.717, 1.165) is 11.4 Å². The number of carbonyl (C=O) groups excluding carboxylic acids is 1. The van der Waals surface area contributed by atoms with Crippen LogP contribution < -0.4 is 19.5 Å². The fraction of sp³-hybridized carbons (Fsp3) is 0.368. The van der Waals surface area contributed by atoms with Crippen molar-refractivity contribution >= 4 is 28.5 Å². The summed E-state index contributed by atoms with van der Waals surface area (Å²) < 4.78 is 15.9. The Balaban J connectivity index is 2.26. The molecule has 0 aliphatic carbocycles. The number of amides is 1. The largest absolute Gasteiger partial charge is 0.493 e. The Bertz CT molecular complexity index is 890. The van der Waals surface area contributed by atoms with Crippen LogP contribution in [0.25, 0.3) is 6.08 Å². The van der Waals surface area contributed by atoms with Crippen molar-refractivity contribution in [1.29, 1.82) is 5.26 Å². The topological polar surface area (TPSA) is 106 Å². The number of nitriles is 1. The number of carbonyl (C=O) groups is 1. The Morgan fingerprint density at radius 2 is 1.86 bits per heavy atom. The molecule has 1 heterocycles. The summed E-state index contributed by atoms with van der Waals surface area (Å²) in [5.74, 6) is 1.15. The van der Waals surface area contributed by atoms with E-state index in [4.69, 9.17) is 14.2 Å². The Labute approximate surface area is 167 Å². The number of nitrogens with one attached hydrogen (secondary N) is 1. The number of hydrogen-bond donors (Lipinski definition) is 1. The van der Waals surface area contributed by atoms with E-state index in [1.54, 1.807) is 12.1 Å². The summed E-state index contributed by atoms with van der Waals surface area (Å²) in [6, 6.07) is 5.21. The quantitative estimate of drug-likeness (QED) is 0.533. The molecule has 1 aromatic heterocycles. The highest BCUT2D eigenvalue weighted by atomic mass is 32.1. The SMILES string of the molecule is COc1cc(/C=C(/C#N)C(=O)Nc2nnc(CC(C)C)s2)cc(OC)c1OC. The second-order valence-electron chi connectivity index (χ2n) is 6.18. The molecule has 0 saturated carbocycles. The summed E-state index contributed by atoms with van der Waals surface area (Å²) in [5, 5.41) is 21.2. The Morgan fingerprint density at radius 1 is 1.21 bits per heavy atom. The molecule has 0 bridgehead atoms. The van der Waals surface area contributed by atoms with Crippen LogP contribution in [-0.4, -0.2) is 37.4 Å². The van der Waals surface area contributed by atoms with Crippen molar-refractivity contribution in [2.75, 3.05) is 26.6 Å². The molecule has 28 heavy (non-hydrogen) atoms. The number of anilines is 1. The van der Waals surface area contributed by atoms with E-state index in [1.165, 1.54) is 38.7 Å². The lowest BCUT2D eigenvalue weighted by Crippen LogP contribution is -2.13. The van der Waals surface area contributed by atoms with Gasteiger partial charge in [-0.1, -0.05) is 25.2 Å². The molecule has 0 aliphatic rings. The maximum Gasteiger partial charge on any atom is 0.268 e. The molecular weight excluding hydrogens is 380 g/mol. The van der Waals surface area contributed by atoms with Gasteiger partial charge in [0.25, 0.3) is 5.91 Å². The van der Waals surface area contributed by atoms with E-state index in [-0.39, 0.29) is 5.57 Å². The fourth-order valence-electron chi connectivity index (χ4n) is 2.40. The van der Waals surface area contributed by atoms with Crippen LogP contribution in [-0.2, 0) is 11.2 Å². The molecule has 2 rings (SSSR count). The first-order valence-electron chi connectivity index (χ1n) is 8.47. The average molecular weight is 402 g/mol. The summed E-state index contributed by atoms with van der Waals surface area (Å²) in [4.78, 5) is 12.5. The number of aromatic nitrogens is 2. The molecule has 9 heteroatoms. The molecule has 8 nitrogen and oxygen atoms in total. The number of ether oxygens (including phenoxy) is 3. The number of methoxy groups -OCH3 is 3. The van der Waals surface area contributed by atoms with Crippen molar-refractivity contribution in [2.45, 2.75) is 20.3 Å². The van der Waals surface area contributed by atoms with Gasteiger partial charge in [0.15, 0.2) is 11.5 Å². The van der Waals surface area contributed by atoms with E-state index < -0.39 is 5.91 Å². The van der Waals surface area contributed by atoms with E-state index in [1.807, 2.05) is 6.07 Å². The maximum atomic E-state index is 12.5. The van der Waals surface area contributed by atoms with Gasteiger partial charge in [0.2, 0.25) is 10.9 Å². The van der Waals surface area contributed by atoms with E-state index >= 15 is 0 Å². The minimum atomic E-state index is -0.566. The highest BCUT2D eigenvalue weighted by Gasteiger charge is 2.16. The summed E-state index contributed by atoms with van der Waals surface area (Å²) in [7, 11) is 4.49. The molecular formula is C19H22N4O4S. The van der Waals surface area contributed by atoms with Gasteiger partial charge in [0.1, 0.15) is 16.6 Å². The lowest BCUT2D eigenvalue weighted by molar-refractivity contribution is -0.112. The van der Waals surface area contributed by atoms with Gasteiger partial charge in [-0.15, -0.1) is 10.2 Å². The Kier molecular flexibility index (Phi) is 7.35. The third-order valence-corrected chi connectivity index (χ3v) is 4.49. The molecule has 148 valence electrons. The second kappa shape index (κ2) is 9.71. The van der Waals surface area contributed by atoms with Crippen molar-refractivity contribution in [2.24, 2.45) is 5.92 Å². The van der Waals surface area contributed by atoms with Gasteiger partial charge < -0.3 is 14.2 Å². The van der Waals surface area contributed by atoms with Crippen LogP contribution in [0.3, 0.4) is 0 Å². The van der Waals surface area contributed by atoms with Gasteiger partial charge >= 0.3 is 0 Å². The predicted molar refractivity (Wildman–Crippen MR) is 107 cm³/mol. The van der Waals surface area contributed by atoms with Crippen LogP contribution in [0.4, 0.5) is 5.13 Å². The highest BCUT2D eigenvalue weighted by molar-refractivity contribution is 7.15. The maximum absolute atomic E-state index is 12.5. The molecule has 1 aromatic carbocycles. The van der Waals surface area contributed by atoms with Crippen molar-refractivity contribution < 1.29 is 19.0 Å². The van der Waals surface area contributed by atoms with Crippen LogP contribution in [0.1, 0.15) is 24.4 Å². The first-order chi connectivity index (χ1) is 13.4. The number of hydrogen-bond acceptors (Lipinski definition) is 8. The summed E-state index contributed by atoms with van der Waals surface area (Å²) in [6.07, 6.45) is 2.22. The normalized spacial score (nSPS) is 11.1. The van der Waals surface area contributed by atoms with Crippen molar-refractivity contribution in [3.8, 4) is 23.3 Å². The van der Waals surface area contributed by atoms with Gasteiger partial charge in [0.05, 0.1) is 21.3 Å². The molecule has 0 atom stereocenters. The molecule has 0 spiro atoms. The smallest absolute Gasteiger partial charge is 0.268 e. The van der Waals surface area contributed by atoms with E-state index in [0.29, 0.717) is 33.9 Å². The molecule has 0 aliphatic heterocycles. The fourth-order valence-corrected chi connectivity index (χ4v) is 3.35. The van der Waals surface area contributed by atoms with Gasteiger partial charge in [-0.25, -0.2) is 0 Å². The monoisotopic (exact) mass is 402 g/mol. The highest BCUT2D eigenvalue weighted by Crippen LogP contribution is 2.38. The van der Waals surface area contributed by atoms with E-state index in [9.17, 15) is 10.1 Å². The zero-order chi connectivity index (χ0) is 20.7. The van der Waals surface area contributed by atoms with Gasteiger partial charge in [-0.3, -0.25) is 10.1 Å². The third-order valence-electron chi connectivity index (χ3n) is 3.63. The first kappa shape index (κ1) is 21.2. The Morgan fingerprint density at radius 3 is 2.36 bits per heavy atom. The van der Waals surface area contributed by atoms with Gasteiger partial charge in [-0.2, -0.15) is 5.26 Å². The molecule has 1 N–H and O–H groups in total. The number of rotatable bonds is 8. The zero-order valence-corrected chi connectivity index (χ0v) is 17.2. The number of benzene rings is 1. The van der Waals surface area contributed by atoms with Gasteiger partial charge in [0, 0.05) is 6.42 Å². The molecule has 0 radical (unpaired) electrons. The molecule has 2 aromatic rings. The summed E-state index contributed by atoms with van der Waals surface area (Å²) in [5.41, 5.74) is 0.467. The first-order valence-corrected chi connectivity index (χ1v) is 9.29.